The van der Waals surface area contributed by atoms with Crippen LogP contribution in [0.25, 0.3) is 22.3 Å². The molecule has 0 aliphatic rings. The van der Waals surface area contributed by atoms with Gasteiger partial charge in [-0.15, -0.1) is 0 Å². The predicted octanol–water partition coefficient (Wildman–Crippen LogP) is 4.45. The smallest absolute Gasteiger partial charge is 0.262 e. The standard InChI is InChI=1S/C25H22N4O2S/c1-16-12-14-19(15-13-16)26-25(32)28-23(30)17(2)29-22(18-8-4-3-5-9-18)27-21-11-7-6-10-20(21)24(29)31/h3-15,17H,1-2H3,(H2,26,28,30,32). The van der Waals surface area contributed by atoms with Crippen LogP contribution in [0, 0.1) is 6.92 Å². The van der Waals surface area contributed by atoms with Gasteiger partial charge in [-0.25, -0.2) is 4.98 Å². The lowest BCUT2D eigenvalue weighted by atomic mass is 10.1. The highest BCUT2D eigenvalue weighted by molar-refractivity contribution is 7.80. The molecular weight excluding hydrogens is 420 g/mol. The second-order valence-electron chi connectivity index (χ2n) is 7.48. The number of rotatable bonds is 4. The molecule has 0 spiro atoms. The molecule has 160 valence electrons. The van der Waals surface area contributed by atoms with E-state index in [1.165, 1.54) is 4.57 Å². The first kappa shape index (κ1) is 21.4. The molecule has 0 fully saturated rings. The fourth-order valence-electron chi connectivity index (χ4n) is 3.43. The molecule has 0 saturated heterocycles. The van der Waals surface area contributed by atoms with Crippen molar-refractivity contribution in [2.24, 2.45) is 0 Å². The largest absolute Gasteiger partial charge is 0.332 e. The summed E-state index contributed by atoms with van der Waals surface area (Å²) in [6.07, 6.45) is 0. The lowest BCUT2D eigenvalue weighted by molar-refractivity contribution is -0.122. The van der Waals surface area contributed by atoms with Gasteiger partial charge in [0, 0.05) is 11.3 Å². The summed E-state index contributed by atoms with van der Waals surface area (Å²) in [6, 6.07) is 23.3. The van der Waals surface area contributed by atoms with Gasteiger partial charge >= 0.3 is 0 Å². The second kappa shape index (κ2) is 9.11. The third-order valence-corrected chi connectivity index (χ3v) is 5.36. The Morgan fingerprint density at radius 1 is 0.969 bits per heavy atom. The van der Waals surface area contributed by atoms with Gasteiger partial charge in [0.25, 0.3) is 5.56 Å². The van der Waals surface area contributed by atoms with Crippen LogP contribution in [0.1, 0.15) is 18.5 Å². The van der Waals surface area contributed by atoms with Gasteiger partial charge in [0.2, 0.25) is 5.91 Å². The van der Waals surface area contributed by atoms with E-state index in [1.54, 1.807) is 25.1 Å². The summed E-state index contributed by atoms with van der Waals surface area (Å²) < 4.78 is 1.42. The van der Waals surface area contributed by atoms with Gasteiger partial charge in [-0.2, -0.15) is 0 Å². The lowest BCUT2D eigenvalue weighted by Crippen LogP contribution is -2.41. The Morgan fingerprint density at radius 2 is 1.62 bits per heavy atom. The molecule has 1 unspecified atom stereocenters. The zero-order chi connectivity index (χ0) is 22.7. The van der Waals surface area contributed by atoms with Gasteiger partial charge in [-0.3, -0.25) is 14.2 Å². The molecule has 0 bridgehead atoms. The summed E-state index contributed by atoms with van der Waals surface area (Å²) in [6.45, 7) is 3.65. The number of aryl methyl sites for hydroxylation is 1. The summed E-state index contributed by atoms with van der Waals surface area (Å²) in [5.74, 6) is 0.0142. The number of nitrogens with zero attached hydrogens (tertiary/aromatic N) is 2. The van der Waals surface area contributed by atoms with Crippen molar-refractivity contribution in [3.05, 3.63) is 94.8 Å². The Morgan fingerprint density at radius 3 is 2.34 bits per heavy atom. The van der Waals surface area contributed by atoms with E-state index < -0.39 is 11.9 Å². The topological polar surface area (TPSA) is 76.0 Å². The number of carbonyl (C=O) groups is 1. The molecule has 6 nitrogen and oxygen atoms in total. The van der Waals surface area contributed by atoms with E-state index >= 15 is 0 Å². The molecule has 1 heterocycles. The van der Waals surface area contributed by atoms with Crippen LogP contribution in [0.5, 0.6) is 0 Å². The number of benzene rings is 3. The average molecular weight is 443 g/mol. The predicted molar refractivity (Wildman–Crippen MR) is 132 cm³/mol. The Hall–Kier alpha value is -3.84. The number of hydrogen-bond donors (Lipinski definition) is 2. The molecule has 7 heteroatoms. The molecule has 3 aromatic carbocycles. The fraction of sp³-hybridized carbons (Fsp3) is 0.120. The second-order valence-corrected chi connectivity index (χ2v) is 7.89. The van der Waals surface area contributed by atoms with E-state index in [-0.39, 0.29) is 10.7 Å². The molecule has 1 atom stereocenters. The number of aromatic nitrogens is 2. The number of hydrogen-bond acceptors (Lipinski definition) is 4. The molecule has 4 rings (SSSR count). The molecule has 4 aromatic rings. The van der Waals surface area contributed by atoms with Crippen LogP contribution in [0.15, 0.2) is 83.7 Å². The van der Waals surface area contributed by atoms with Crippen molar-refractivity contribution >= 4 is 39.8 Å². The van der Waals surface area contributed by atoms with E-state index in [1.807, 2.05) is 67.6 Å². The van der Waals surface area contributed by atoms with E-state index in [0.29, 0.717) is 16.7 Å². The molecule has 0 aliphatic heterocycles. The van der Waals surface area contributed by atoms with Crippen molar-refractivity contribution in [3.63, 3.8) is 0 Å². The van der Waals surface area contributed by atoms with Crippen molar-refractivity contribution in [2.45, 2.75) is 19.9 Å². The number of para-hydroxylation sites is 1. The zero-order valence-corrected chi connectivity index (χ0v) is 18.5. The third-order valence-electron chi connectivity index (χ3n) is 5.15. The van der Waals surface area contributed by atoms with E-state index in [4.69, 9.17) is 17.2 Å². The minimum absolute atomic E-state index is 0.161. The quantitative estimate of drug-likeness (QED) is 0.457. The summed E-state index contributed by atoms with van der Waals surface area (Å²) in [5, 5.41) is 6.29. The van der Waals surface area contributed by atoms with Gasteiger partial charge in [-0.1, -0.05) is 60.2 Å². The first-order valence-electron chi connectivity index (χ1n) is 10.2. The Labute approximate surface area is 190 Å². The van der Waals surface area contributed by atoms with Crippen molar-refractivity contribution < 1.29 is 4.79 Å². The maximum atomic E-state index is 13.4. The van der Waals surface area contributed by atoms with Gasteiger partial charge in [0.15, 0.2) is 5.11 Å². The van der Waals surface area contributed by atoms with E-state index in [2.05, 4.69) is 10.6 Å². The molecular formula is C25H22N4O2S. The molecule has 0 saturated carbocycles. The van der Waals surface area contributed by atoms with E-state index in [0.717, 1.165) is 16.8 Å². The van der Waals surface area contributed by atoms with Crippen molar-refractivity contribution in [2.75, 3.05) is 5.32 Å². The number of anilines is 1. The molecule has 32 heavy (non-hydrogen) atoms. The summed E-state index contributed by atoms with van der Waals surface area (Å²) in [7, 11) is 0. The highest BCUT2D eigenvalue weighted by Gasteiger charge is 2.23. The monoisotopic (exact) mass is 442 g/mol. The van der Waals surface area contributed by atoms with Crippen LogP contribution in [0.4, 0.5) is 5.69 Å². The van der Waals surface area contributed by atoms with Gasteiger partial charge in [0.1, 0.15) is 11.9 Å². The molecule has 1 aromatic heterocycles. The summed E-state index contributed by atoms with van der Waals surface area (Å²) >= 11 is 5.30. The average Bonchev–Trinajstić information content (AvgIpc) is 2.80. The molecule has 0 aliphatic carbocycles. The van der Waals surface area contributed by atoms with Crippen LogP contribution in [0.3, 0.4) is 0 Å². The Balaban J connectivity index is 1.67. The SMILES string of the molecule is Cc1ccc(NC(=S)NC(=O)C(C)n2c(-c3ccccc3)nc3ccccc3c2=O)cc1. The number of amides is 1. The fourth-order valence-corrected chi connectivity index (χ4v) is 3.65. The van der Waals surface area contributed by atoms with Crippen molar-refractivity contribution in [1.29, 1.82) is 0 Å². The van der Waals surface area contributed by atoms with Crippen LogP contribution in [-0.4, -0.2) is 20.6 Å². The lowest BCUT2D eigenvalue weighted by Gasteiger charge is -2.20. The number of nitrogens with one attached hydrogen (secondary N) is 2. The summed E-state index contributed by atoms with van der Waals surface area (Å²) in [4.78, 5) is 31.1. The van der Waals surface area contributed by atoms with Crippen LogP contribution in [-0.2, 0) is 4.79 Å². The van der Waals surface area contributed by atoms with Crippen LogP contribution in [0.2, 0.25) is 0 Å². The van der Waals surface area contributed by atoms with Crippen molar-refractivity contribution in [1.82, 2.24) is 14.9 Å². The third kappa shape index (κ3) is 4.43. The van der Waals surface area contributed by atoms with E-state index in [9.17, 15) is 9.59 Å². The maximum absolute atomic E-state index is 13.4. The van der Waals surface area contributed by atoms with Crippen LogP contribution < -0.4 is 16.2 Å². The molecule has 1 amide bonds. The molecule has 0 radical (unpaired) electrons. The zero-order valence-electron chi connectivity index (χ0n) is 17.7. The normalized spacial score (nSPS) is 11.7. The minimum Gasteiger partial charge on any atom is -0.332 e. The van der Waals surface area contributed by atoms with Crippen LogP contribution >= 0.6 is 12.2 Å². The van der Waals surface area contributed by atoms with Gasteiger partial charge in [0.05, 0.1) is 10.9 Å². The minimum atomic E-state index is -0.840. The first-order chi connectivity index (χ1) is 15.4. The van der Waals surface area contributed by atoms with Gasteiger partial charge < -0.3 is 10.6 Å². The molecule has 2 N–H and O–H groups in total. The number of fused-ring (bicyclic) bond motifs is 1. The number of carbonyl (C=O) groups excluding carboxylic acids is 1. The Bertz CT molecular complexity index is 1350. The number of thiocarbonyl (C=S) groups is 1. The summed E-state index contributed by atoms with van der Waals surface area (Å²) in [5.41, 5.74) is 2.93. The highest BCUT2D eigenvalue weighted by atomic mass is 32.1. The van der Waals surface area contributed by atoms with Crippen molar-refractivity contribution in [3.8, 4) is 11.4 Å². The maximum Gasteiger partial charge on any atom is 0.262 e. The Kier molecular flexibility index (Phi) is 6.09. The highest BCUT2D eigenvalue weighted by Crippen LogP contribution is 2.22. The first-order valence-corrected chi connectivity index (χ1v) is 10.6. The van der Waals surface area contributed by atoms with Gasteiger partial charge in [-0.05, 0) is 50.3 Å².